The van der Waals surface area contributed by atoms with E-state index in [1.165, 1.54) is 25.7 Å². The van der Waals surface area contributed by atoms with E-state index in [0.29, 0.717) is 34.6 Å². The van der Waals surface area contributed by atoms with E-state index >= 15 is 0 Å². The second-order valence-electron chi connectivity index (χ2n) is 10.8. The van der Waals surface area contributed by atoms with Gasteiger partial charge in [0.1, 0.15) is 11.2 Å². The highest BCUT2D eigenvalue weighted by atomic mass is 35.5. The van der Waals surface area contributed by atoms with E-state index in [1.54, 1.807) is 12.1 Å². The smallest absolute Gasteiger partial charge is 0.356 e. The number of aromatic nitrogens is 3. The van der Waals surface area contributed by atoms with Gasteiger partial charge in [0.25, 0.3) is 0 Å². The minimum absolute atomic E-state index is 0.121. The Kier molecular flexibility index (Phi) is 5.91. The lowest BCUT2D eigenvalue weighted by molar-refractivity contribution is 0.0577. The molecule has 190 valence electrons. The van der Waals surface area contributed by atoms with Crippen LogP contribution >= 0.6 is 11.6 Å². The lowest BCUT2D eigenvalue weighted by Crippen LogP contribution is -2.38. The summed E-state index contributed by atoms with van der Waals surface area (Å²) in [5, 5.41) is 23.0. The molecule has 7 rings (SSSR count). The van der Waals surface area contributed by atoms with Crippen LogP contribution in [0.2, 0.25) is 5.15 Å². The van der Waals surface area contributed by atoms with Crippen molar-refractivity contribution in [1.29, 1.82) is 5.26 Å². The van der Waals surface area contributed by atoms with Crippen LogP contribution < -0.4 is 10.2 Å². The number of pyridine rings is 1. The van der Waals surface area contributed by atoms with Crippen molar-refractivity contribution < 1.29 is 9.90 Å². The highest BCUT2D eigenvalue weighted by molar-refractivity contribution is 6.29. The molecule has 3 saturated carbocycles. The van der Waals surface area contributed by atoms with E-state index < -0.39 is 5.97 Å². The number of carboxylic acid groups (broad SMARTS) is 1. The van der Waals surface area contributed by atoms with Crippen molar-refractivity contribution in [3.05, 3.63) is 51.9 Å². The summed E-state index contributed by atoms with van der Waals surface area (Å²) >= 11 is 5.94. The van der Waals surface area contributed by atoms with Gasteiger partial charge in [-0.3, -0.25) is 0 Å². The number of carboxylic acids is 1. The second-order valence-corrected chi connectivity index (χ2v) is 11.2. The van der Waals surface area contributed by atoms with Crippen LogP contribution in [0.1, 0.15) is 66.0 Å². The number of nitrogens with zero attached hydrogens (tertiary/aromatic N) is 5. The van der Waals surface area contributed by atoms with Crippen LogP contribution in [0.3, 0.4) is 0 Å². The highest BCUT2D eigenvalue weighted by Crippen LogP contribution is 2.52. The molecule has 3 aromatic rings. The van der Waals surface area contributed by atoms with Gasteiger partial charge >= 0.3 is 5.97 Å². The number of rotatable bonds is 5. The van der Waals surface area contributed by atoms with E-state index in [0.717, 1.165) is 41.6 Å². The molecule has 3 atom stereocenters. The van der Waals surface area contributed by atoms with Crippen molar-refractivity contribution in [1.82, 2.24) is 15.0 Å². The summed E-state index contributed by atoms with van der Waals surface area (Å²) in [6, 6.07) is 9.18. The number of fused-ring (bicyclic) bond motifs is 3. The van der Waals surface area contributed by atoms with Crippen LogP contribution in [-0.2, 0) is 0 Å². The maximum Gasteiger partial charge on any atom is 0.356 e. The number of aromatic carboxylic acids is 1. The number of carbonyl (C=O) groups is 1. The molecule has 1 aliphatic heterocycles. The maximum absolute atomic E-state index is 11.8. The minimum atomic E-state index is -1.16. The van der Waals surface area contributed by atoms with Crippen molar-refractivity contribution in [2.45, 2.75) is 45.6 Å². The third-order valence-electron chi connectivity index (χ3n) is 8.67. The monoisotopic (exact) mass is 516 g/mol. The average molecular weight is 517 g/mol. The Balaban J connectivity index is 1.39. The molecule has 8 nitrogen and oxygen atoms in total. The highest BCUT2D eigenvalue weighted by Gasteiger charge is 2.48. The molecule has 9 heteroatoms. The molecule has 37 heavy (non-hydrogen) atoms. The molecule has 0 spiro atoms. The molecular weight excluding hydrogens is 488 g/mol. The number of nitriles is 1. The topological polar surface area (TPSA) is 115 Å². The van der Waals surface area contributed by atoms with Crippen LogP contribution in [0.15, 0.2) is 24.3 Å². The lowest BCUT2D eigenvalue weighted by atomic mass is 9.60. The molecule has 1 saturated heterocycles. The first-order valence-electron chi connectivity index (χ1n) is 13.0. The number of hydrogen-bond donors (Lipinski definition) is 2. The number of nitrogens with one attached hydrogen (secondary N) is 1. The van der Waals surface area contributed by atoms with Gasteiger partial charge in [0.15, 0.2) is 17.2 Å². The third kappa shape index (κ3) is 4.15. The molecule has 2 N–H and O–H groups in total. The van der Waals surface area contributed by atoms with Gasteiger partial charge in [0.05, 0.1) is 22.8 Å². The van der Waals surface area contributed by atoms with Crippen LogP contribution in [0, 0.1) is 41.9 Å². The fraction of sp³-hybridized carbons (Fsp3) is 0.464. The van der Waals surface area contributed by atoms with E-state index in [4.69, 9.17) is 21.6 Å². The summed E-state index contributed by atoms with van der Waals surface area (Å²) in [6.45, 7) is 5.81. The summed E-state index contributed by atoms with van der Waals surface area (Å²) in [5.41, 5.74) is 3.86. The first-order chi connectivity index (χ1) is 17.8. The molecule has 4 aliphatic rings. The Bertz CT molecular complexity index is 1420. The number of anilines is 2. The molecule has 3 heterocycles. The maximum atomic E-state index is 11.8. The van der Waals surface area contributed by atoms with E-state index in [2.05, 4.69) is 21.3 Å². The van der Waals surface area contributed by atoms with Crippen molar-refractivity contribution in [3.8, 4) is 6.07 Å². The number of aryl methyl sites for hydroxylation is 1. The van der Waals surface area contributed by atoms with Crippen molar-refractivity contribution >= 4 is 40.1 Å². The van der Waals surface area contributed by atoms with Crippen molar-refractivity contribution in [3.63, 3.8) is 0 Å². The quantitative estimate of drug-likeness (QED) is 0.421. The molecule has 2 unspecified atom stereocenters. The molecule has 2 bridgehead atoms. The van der Waals surface area contributed by atoms with Crippen LogP contribution in [0.4, 0.5) is 11.5 Å². The summed E-state index contributed by atoms with van der Waals surface area (Å²) in [7, 11) is 0. The average Bonchev–Trinajstić information content (AvgIpc) is 3.36. The first-order valence-corrected chi connectivity index (χ1v) is 13.3. The van der Waals surface area contributed by atoms with Gasteiger partial charge in [-0.15, -0.1) is 0 Å². The van der Waals surface area contributed by atoms with Gasteiger partial charge in [-0.25, -0.2) is 19.7 Å². The van der Waals surface area contributed by atoms with E-state index in [1.807, 2.05) is 26.0 Å². The van der Waals surface area contributed by atoms with Crippen LogP contribution in [0.25, 0.3) is 11.0 Å². The van der Waals surface area contributed by atoms with Gasteiger partial charge in [0, 0.05) is 18.7 Å². The molecule has 2 aromatic heterocycles. The molecular formula is C28H29ClN6O2. The van der Waals surface area contributed by atoms with E-state index in [-0.39, 0.29) is 16.9 Å². The summed E-state index contributed by atoms with van der Waals surface area (Å²) in [4.78, 5) is 27.9. The van der Waals surface area contributed by atoms with E-state index in [9.17, 15) is 15.2 Å². The summed E-state index contributed by atoms with van der Waals surface area (Å²) in [6.07, 6.45) is 5.33. The van der Waals surface area contributed by atoms with Gasteiger partial charge in [0.2, 0.25) is 0 Å². The predicted molar refractivity (Wildman–Crippen MR) is 142 cm³/mol. The van der Waals surface area contributed by atoms with Crippen molar-refractivity contribution in [2.24, 2.45) is 23.7 Å². The normalized spacial score (nSPS) is 25.1. The van der Waals surface area contributed by atoms with Gasteiger partial charge in [-0.2, -0.15) is 5.26 Å². The first kappa shape index (κ1) is 23.9. The number of hydrogen-bond acceptors (Lipinski definition) is 7. The zero-order valence-corrected chi connectivity index (χ0v) is 21.7. The van der Waals surface area contributed by atoms with Crippen LogP contribution in [0.5, 0.6) is 0 Å². The van der Waals surface area contributed by atoms with Gasteiger partial charge < -0.3 is 15.3 Å². The largest absolute Gasteiger partial charge is 0.476 e. The minimum Gasteiger partial charge on any atom is -0.476 e. The molecule has 0 radical (unpaired) electrons. The molecule has 0 amide bonds. The zero-order valence-electron chi connectivity index (χ0n) is 20.9. The second kappa shape index (κ2) is 9.14. The molecule has 1 aromatic carbocycles. The van der Waals surface area contributed by atoms with Crippen LogP contribution in [-0.4, -0.2) is 39.1 Å². The van der Waals surface area contributed by atoms with Gasteiger partial charge in [-0.1, -0.05) is 17.7 Å². The SMILES string of the molecule is Cc1cc([C@@H](C)Nc2ccc(Cl)nc2C(=O)O)c2nc(N3CC4C5CCC(CC5)C4C3)c(C#N)nc2c1. The Morgan fingerprint density at radius 2 is 1.81 bits per heavy atom. The summed E-state index contributed by atoms with van der Waals surface area (Å²) < 4.78 is 0. The Labute approximate surface area is 220 Å². The molecule has 3 aliphatic carbocycles. The standard InChI is InChI=1S/C28H29ClN6O2/c1-14-9-18(15(2)31-21-7-8-24(29)33-26(21)28(36)37)25-22(10-14)32-23(11-30)27(34-25)35-12-19-16-3-4-17(6-5-16)20(19)13-35/h7-10,15-17,19-20,31H,3-6,12-13H2,1-2H3,(H,36,37)/t15-,16?,17?,19?,20?/m1/s1. The summed E-state index contributed by atoms with van der Waals surface area (Å²) in [5.74, 6) is 2.45. The number of benzene rings is 1. The Morgan fingerprint density at radius 1 is 1.14 bits per heavy atom. The Morgan fingerprint density at radius 3 is 2.43 bits per heavy atom. The lowest BCUT2D eigenvalue weighted by Gasteiger charge is -2.44. The fourth-order valence-electron chi connectivity index (χ4n) is 7.00. The van der Waals surface area contributed by atoms with Gasteiger partial charge in [-0.05, 0) is 87.0 Å². The predicted octanol–water partition coefficient (Wildman–Crippen LogP) is 5.60. The number of halogens is 1. The zero-order chi connectivity index (χ0) is 25.8. The fourth-order valence-corrected chi connectivity index (χ4v) is 7.15. The van der Waals surface area contributed by atoms with Crippen molar-refractivity contribution in [2.75, 3.05) is 23.3 Å². The third-order valence-corrected chi connectivity index (χ3v) is 8.88. The Hall–Kier alpha value is -3.44. The molecule has 4 fully saturated rings.